The highest BCUT2D eigenvalue weighted by atomic mass is 35.5. The van der Waals surface area contributed by atoms with Crippen molar-refractivity contribution in [2.75, 3.05) is 12.4 Å². The smallest absolute Gasteiger partial charge is 0.121 e. The van der Waals surface area contributed by atoms with E-state index in [2.05, 4.69) is 5.32 Å². The fourth-order valence-electron chi connectivity index (χ4n) is 1.75. The maximum atomic E-state index is 6.20. The molecule has 0 heterocycles. The van der Waals surface area contributed by atoms with Crippen molar-refractivity contribution in [3.8, 4) is 5.75 Å². The van der Waals surface area contributed by atoms with E-state index in [1.165, 1.54) is 0 Å². The Hall–Kier alpha value is -1.38. The lowest BCUT2D eigenvalue weighted by Crippen LogP contribution is -2.01. The van der Waals surface area contributed by atoms with Gasteiger partial charge in [0.2, 0.25) is 0 Å². The molecule has 0 aliphatic rings. The zero-order chi connectivity index (χ0) is 13.8. The van der Waals surface area contributed by atoms with E-state index in [1.807, 2.05) is 37.3 Å². The minimum absolute atomic E-state index is 0.617. The van der Waals surface area contributed by atoms with Gasteiger partial charge in [-0.2, -0.15) is 0 Å². The Bertz CT molecular complexity index is 584. The first-order valence-electron chi connectivity index (χ1n) is 5.92. The lowest BCUT2D eigenvalue weighted by atomic mass is 10.1. The van der Waals surface area contributed by atoms with Crippen LogP contribution in [0.3, 0.4) is 0 Å². The highest BCUT2D eigenvalue weighted by molar-refractivity contribution is 6.33. The van der Waals surface area contributed by atoms with Crippen molar-refractivity contribution >= 4 is 28.9 Å². The summed E-state index contributed by atoms with van der Waals surface area (Å²) in [6.07, 6.45) is 0. The van der Waals surface area contributed by atoms with Crippen LogP contribution in [0.2, 0.25) is 10.0 Å². The Kier molecular flexibility index (Phi) is 4.56. The van der Waals surface area contributed by atoms with E-state index in [1.54, 1.807) is 13.2 Å². The van der Waals surface area contributed by atoms with E-state index in [0.717, 1.165) is 27.6 Å². The molecular weight excluding hydrogens is 281 g/mol. The molecule has 2 aromatic rings. The standard InChI is InChI=1S/C15H15Cl2NO/c1-10-3-4-11(14(17)7-10)9-18-15-8-12(19-2)5-6-13(15)16/h3-8,18H,9H2,1-2H3. The molecule has 0 bridgehead atoms. The van der Waals surface area contributed by atoms with Gasteiger partial charge in [-0.1, -0.05) is 35.3 Å². The second-order valence-electron chi connectivity index (χ2n) is 4.29. The Morgan fingerprint density at radius 1 is 1.05 bits per heavy atom. The van der Waals surface area contributed by atoms with Crippen molar-refractivity contribution in [3.05, 3.63) is 57.6 Å². The maximum absolute atomic E-state index is 6.20. The van der Waals surface area contributed by atoms with Gasteiger partial charge in [0.05, 0.1) is 17.8 Å². The number of rotatable bonds is 4. The lowest BCUT2D eigenvalue weighted by molar-refractivity contribution is 0.415. The first-order valence-corrected chi connectivity index (χ1v) is 6.68. The Balaban J connectivity index is 2.14. The van der Waals surface area contributed by atoms with Crippen LogP contribution in [0.5, 0.6) is 5.75 Å². The molecule has 100 valence electrons. The van der Waals surface area contributed by atoms with Crippen LogP contribution in [0.25, 0.3) is 0 Å². The van der Waals surface area contributed by atoms with Gasteiger partial charge in [-0.3, -0.25) is 0 Å². The molecular formula is C15H15Cl2NO. The monoisotopic (exact) mass is 295 g/mol. The summed E-state index contributed by atoms with van der Waals surface area (Å²) < 4.78 is 5.18. The summed E-state index contributed by atoms with van der Waals surface area (Å²) in [5.41, 5.74) is 3.01. The molecule has 0 atom stereocenters. The number of hydrogen-bond donors (Lipinski definition) is 1. The predicted octanol–water partition coefficient (Wildman–Crippen LogP) is 4.92. The first kappa shape index (κ1) is 14.0. The van der Waals surface area contributed by atoms with Gasteiger partial charge in [-0.25, -0.2) is 0 Å². The van der Waals surface area contributed by atoms with Crippen LogP contribution in [0.4, 0.5) is 5.69 Å². The van der Waals surface area contributed by atoms with Crippen molar-refractivity contribution in [1.29, 1.82) is 0 Å². The van der Waals surface area contributed by atoms with Gasteiger partial charge in [0.15, 0.2) is 0 Å². The summed E-state index contributed by atoms with van der Waals surface area (Å²) in [6.45, 7) is 2.63. The molecule has 2 rings (SSSR count). The Labute approximate surface area is 123 Å². The van der Waals surface area contributed by atoms with Gasteiger partial charge in [0.1, 0.15) is 5.75 Å². The number of hydrogen-bond acceptors (Lipinski definition) is 2. The quantitative estimate of drug-likeness (QED) is 0.864. The molecule has 1 N–H and O–H groups in total. The van der Waals surface area contributed by atoms with E-state index in [9.17, 15) is 0 Å². The average Bonchev–Trinajstić information content (AvgIpc) is 2.39. The van der Waals surface area contributed by atoms with Crippen molar-refractivity contribution in [3.63, 3.8) is 0 Å². The maximum Gasteiger partial charge on any atom is 0.121 e. The van der Waals surface area contributed by atoms with E-state index in [0.29, 0.717) is 11.6 Å². The van der Waals surface area contributed by atoms with Gasteiger partial charge >= 0.3 is 0 Å². The van der Waals surface area contributed by atoms with Gasteiger partial charge in [-0.15, -0.1) is 0 Å². The molecule has 4 heteroatoms. The van der Waals surface area contributed by atoms with Gasteiger partial charge in [-0.05, 0) is 36.2 Å². The van der Waals surface area contributed by atoms with Crippen LogP contribution in [0.15, 0.2) is 36.4 Å². The van der Waals surface area contributed by atoms with Crippen LogP contribution in [0.1, 0.15) is 11.1 Å². The molecule has 0 radical (unpaired) electrons. The van der Waals surface area contributed by atoms with Gasteiger partial charge in [0, 0.05) is 17.6 Å². The largest absolute Gasteiger partial charge is 0.497 e. The number of aryl methyl sites for hydroxylation is 1. The van der Waals surface area contributed by atoms with E-state index in [4.69, 9.17) is 27.9 Å². The summed E-state index contributed by atoms with van der Waals surface area (Å²) >= 11 is 12.3. The van der Waals surface area contributed by atoms with Crippen LogP contribution in [0, 0.1) is 6.92 Å². The zero-order valence-corrected chi connectivity index (χ0v) is 12.3. The third-order valence-electron chi connectivity index (χ3n) is 2.85. The van der Waals surface area contributed by atoms with E-state index < -0.39 is 0 Å². The molecule has 2 nitrogen and oxygen atoms in total. The highest BCUT2D eigenvalue weighted by Crippen LogP contribution is 2.28. The molecule has 0 spiro atoms. The summed E-state index contributed by atoms with van der Waals surface area (Å²) in [5, 5.41) is 4.68. The zero-order valence-electron chi connectivity index (χ0n) is 10.8. The van der Waals surface area contributed by atoms with Crippen LogP contribution in [-0.4, -0.2) is 7.11 Å². The number of anilines is 1. The van der Waals surface area contributed by atoms with Crippen LogP contribution >= 0.6 is 23.2 Å². The van der Waals surface area contributed by atoms with Gasteiger partial charge < -0.3 is 10.1 Å². The van der Waals surface area contributed by atoms with Crippen LogP contribution in [-0.2, 0) is 6.54 Å². The predicted molar refractivity (Wildman–Crippen MR) is 81.5 cm³/mol. The molecule has 2 aromatic carbocycles. The molecule has 0 aromatic heterocycles. The average molecular weight is 296 g/mol. The fourth-order valence-corrected chi connectivity index (χ4v) is 2.24. The Morgan fingerprint density at radius 3 is 2.53 bits per heavy atom. The second kappa shape index (κ2) is 6.18. The first-order chi connectivity index (χ1) is 9.10. The minimum atomic E-state index is 0.617. The minimum Gasteiger partial charge on any atom is -0.497 e. The number of halogens is 2. The topological polar surface area (TPSA) is 21.3 Å². The van der Waals surface area contributed by atoms with E-state index in [-0.39, 0.29) is 0 Å². The molecule has 0 unspecified atom stereocenters. The summed E-state index contributed by atoms with van der Waals surface area (Å²) in [7, 11) is 1.63. The molecule has 0 aliphatic heterocycles. The molecule has 0 aliphatic carbocycles. The van der Waals surface area contributed by atoms with Gasteiger partial charge in [0.25, 0.3) is 0 Å². The number of methoxy groups -OCH3 is 1. The fraction of sp³-hybridized carbons (Fsp3) is 0.200. The van der Waals surface area contributed by atoms with E-state index >= 15 is 0 Å². The number of ether oxygens (including phenoxy) is 1. The number of benzene rings is 2. The van der Waals surface area contributed by atoms with Crippen molar-refractivity contribution < 1.29 is 4.74 Å². The highest BCUT2D eigenvalue weighted by Gasteiger charge is 2.04. The van der Waals surface area contributed by atoms with Crippen molar-refractivity contribution in [2.24, 2.45) is 0 Å². The second-order valence-corrected chi connectivity index (χ2v) is 5.11. The third-order valence-corrected chi connectivity index (χ3v) is 3.53. The third kappa shape index (κ3) is 3.55. The molecule has 19 heavy (non-hydrogen) atoms. The molecule has 0 saturated carbocycles. The molecule has 0 saturated heterocycles. The Morgan fingerprint density at radius 2 is 1.84 bits per heavy atom. The summed E-state index contributed by atoms with van der Waals surface area (Å²) in [6, 6.07) is 11.5. The van der Waals surface area contributed by atoms with Crippen molar-refractivity contribution in [2.45, 2.75) is 13.5 Å². The summed E-state index contributed by atoms with van der Waals surface area (Å²) in [4.78, 5) is 0. The molecule has 0 amide bonds. The van der Waals surface area contributed by atoms with Crippen LogP contribution < -0.4 is 10.1 Å². The number of nitrogens with one attached hydrogen (secondary N) is 1. The summed E-state index contributed by atoms with van der Waals surface area (Å²) in [5.74, 6) is 0.766. The molecule has 0 fully saturated rings. The SMILES string of the molecule is COc1ccc(Cl)c(NCc2ccc(C)cc2Cl)c1. The normalized spacial score (nSPS) is 10.3. The lowest BCUT2D eigenvalue weighted by Gasteiger charge is -2.11. The van der Waals surface area contributed by atoms with Crippen molar-refractivity contribution in [1.82, 2.24) is 0 Å².